The van der Waals surface area contributed by atoms with Crippen LogP contribution in [0.1, 0.15) is 23.1 Å². The van der Waals surface area contributed by atoms with Gasteiger partial charge in [0.15, 0.2) is 11.5 Å². The van der Waals surface area contributed by atoms with Gasteiger partial charge in [-0.25, -0.2) is 0 Å². The molecule has 3 aliphatic heterocycles. The van der Waals surface area contributed by atoms with E-state index < -0.39 is 0 Å². The highest BCUT2D eigenvalue weighted by Crippen LogP contribution is 2.54. The predicted molar refractivity (Wildman–Crippen MR) is 72.3 cm³/mol. The van der Waals surface area contributed by atoms with E-state index >= 15 is 0 Å². The maximum atomic E-state index is 9.56. The van der Waals surface area contributed by atoms with Gasteiger partial charge in [-0.05, 0) is 18.2 Å². The van der Waals surface area contributed by atoms with Crippen molar-refractivity contribution in [1.82, 2.24) is 0 Å². The van der Waals surface area contributed by atoms with Crippen LogP contribution in [0.3, 0.4) is 0 Å². The highest BCUT2D eigenvalue weighted by molar-refractivity contribution is 5.57. The first-order chi connectivity index (χ1) is 10.3. The Kier molecular flexibility index (Phi) is 1.99. The van der Waals surface area contributed by atoms with Gasteiger partial charge in [0.05, 0.1) is 12.5 Å². The summed E-state index contributed by atoms with van der Waals surface area (Å²) >= 11 is 0. The average Bonchev–Trinajstić information content (AvgIpc) is 3.07. The van der Waals surface area contributed by atoms with E-state index in [1.54, 1.807) is 12.1 Å². The molecule has 1 N–H and O–H groups in total. The van der Waals surface area contributed by atoms with E-state index in [9.17, 15) is 5.11 Å². The SMILES string of the molecule is Oc1ccc2c(c1)OC[C@H]1c3cc4c(cc3O[C@@H]21)OCO4. The van der Waals surface area contributed by atoms with E-state index in [0.717, 1.165) is 28.4 Å². The highest BCUT2D eigenvalue weighted by atomic mass is 16.7. The van der Waals surface area contributed by atoms with Crippen LogP contribution in [-0.2, 0) is 0 Å². The lowest BCUT2D eigenvalue weighted by molar-refractivity contribution is 0.138. The molecule has 2 atom stereocenters. The van der Waals surface area contributed by atoms with Gasteiger partial charge in [0.1, 0.15) is 23.4 Å². The van der Waals surface area contributed by atoms with Crippen molar-refractivity contribution in [3.05, 3.63) is 41.5 Å². The van der Waals surface area contributed by atoms with Crippen molar-refractivity contribution >= 4 is 0 Å². The molecule has 0 saturated carbocycles. The monoisotopic (exact) mass is 284 g/mol. The van der Waals surface area contributed by atoms with Crippen LogP contribution in [0.4, 0.5) is 0 Å². The van der Waals surface area contributed by atoms with Crippen LogP contribution in [0.25, 0.3) is 0 Å². The molecule has 5 heteroatoms. The first-order valence-corrected chi connectivity index (χ1v) is 6.85. The van der Waals surface area contributed by atoms with Crippen molar-refractivity contribution in [3.63, 3.8) is 0 Å². The summed E-state index contributed by atoms with van der Waals surface area (Å²) in [7, 11) is 0. The van der Waals surface area contributed by atoms with Gasteiger partial charge in [0.2, 0.25) is 6.79 Å². The van der Waals surface area contributed by atoms with Crippen LogP contribution in [0.2, 0.25) is 0 Å². The molecule has 106 valence electrons. The Bertz CT molecular complexity index is 755. The van der Waals surface area contributed by atoms with Crippen LogP contribution >= 0.6 is 0 Å². The van der Waals surface area contributed by atoms with Crippen molar-refractivity contribution in [2.24, 2.45) is 0 Å². The Hall–Kier alpha value is -2.56. The number of hydrogen-bond donors (Lipinski definition) is 1. The lowest BCUT2D eigenvalue weighted by atomic mass is 9.89. The van der Waals surface area contributed by atoms with Crippen LogP contribution in [0, 0.1) is 0 Å². The summed E-state index contributed by atoms with van der Waals surface area (Å²) in [6.45, 7) is 0.776. The zero-order valence-electron chi connectivity index (χ0n) is 11.0. The van der Waals surface area contributed by atoms with Gasteiger partial charge in [-0.3, -0.25) is 0 Å². The molecule has 0 fully saturated rings. The fourth-order valence-corrected chi connectivity index (χ4v) is 3.23. The van der Waals surface area contributed by atoms with Crippen molar-refractivity contribution in [2.45, 2.75) is 12.0 Å². The second kappa shape index (κ2) is 3.75. The minimum Gasteiger partial charge on any atom is -0.508 e. The summed E-state index contributed by atoms with van der Waals surface area (Å²) in [5.41, 5.74) is 2.05. The lowest BCUT2D eigenvalue weighted by Crippen LogP contribution is -2.23. The van der Waals surface area contributed by atoms with Gasteiger partial charge < -0.3 is 24.1 Å². The Morgan fingerprint density at radius 2 is 1.71 bits per heavy atom. The standard InChI is InChI=1S/C16H12O5/c17-8-1-2-9-12(3-8)18-6-11-10-4-14-15(20-7-19-14)5-13(10)21-16(9)11/h1-5,11,16-17H,6-7H2/t11-,16-/m0/s1. The van der Waals surface area contributed by atoms with Crippen LogP contribution in [0.5, 0.6) is 28.7 Å². The largest absolute Gasteiger partial charge is 0.508 e. The summed E-state index contributed by atoms with van der Waals surface area (Å²) in [4.78, 5) is 0. The summed E-state index contributed by atoms with van der Waals surface area (Å²) in [5, 5.41) is 9.56. The van der Waals surface area contributed by atoms with Gasteiger partial charge in [0, 0.05) is 23.3 Å². The number of phenols is 1. The molecule has 21 heavy (non-hydrogen) atoms. The predicted octanol–water partition coefficient (Wildman–Crippen LogP) is 2.73. The lowest BCUT2D eigenvalue weighted by Gasteiger charge is -2.27. The molecule has 5 rings (SSSR count). The van der Waals surface area contributed by atoms with Crippen LogP contribution in [0.15, 0.2) is 30.3 Å². The quantitative estimate of drug-likeness (QED) is 0.806. The second-order valence-electron chi connectivity index (χ2n) is 5.42. The zero-order valence-corrected chi connectivity index (χ0v) is 11.0. The molecule has 3 heterocycles. The molecule has 5 nitrogen and oxygen atoms in total. The van der Waals surface area contributed by atoms with Crippen LogP contribution in [-0.4, -0.2) is 18.5 Å². The minimum absolute atomic E-state index is 0.0909. The van der Waals surface area contributed by atoms with Gasteiger partial charge in [0.25, 0.3) is 0 Å². The Morgan fingerprint density at radius 1 is 0.857 bits per heavy atom. The highest BCUT2D eigenvalue weighted by Gasteiger charge is 2.42. The van der Waals surface area contributed by atoms with E-state index in [2.05, 4.69) is 0 Å². The summed E-state index contributed by atoms with van der Waals surface area (Å²) < 4.78 is 22.7. The molecule has 0 amide bonds. The minimum atomic E-state index is -0.0909. The molecule has 0 saturated heterocycles. The molecule has 0 aromatic heterocycles. The number of ether oxygens (including phenoxy) is 4. The third-order valence-corrected chi connectivity index (χ3v) is 4.25. The van der Waals surface area contributed by atoms with Gasteiger partial charge >= 0.3 is 0 Å². The molecule has 0 radical (unpaired) electrons. The molecular formula is C16H12O5. The van der Waals surface area contributed by atoms with Gasteiger partial charge in [-0.15, -0.1) is 0 Å². The Labute approximate surface area is 120 Å². The number of aromatic hydroxyl groups is 1. The van der Waals surface area contributed by atoms with E-state index in [1.165, 1.54) is 0 Å². The van der Waals surface area contributed by atoms with Gasteiger partial charge in [-0.1, -0.05) is 0 Å². The third-order valence-electron chi connectivity index (χ3n) is 4.25. The van der Waals surface area contributed by atoms with Crippen molar-refractivity contribution in [3.8, 4) is 28.7 Å². The third kappa shape index (κ3) is 1.46. The summed E-state index contributed by atoms with van der Waals surface area (Å²) in [5.74, 6) is 3.31. The maximum Gasteiger partial charge on any atom is 0.231 e. The number of hydrogen-bond acceptors (Lipinski definition) is 5. The number of benzene rings is 2. The molecule has 0 spiro atoms. The van der Waals surface area contributed by atoms with Crippen LogP contribution < -0.4 is 18.9 Å². The maximum absolute atomic E-state index is 9.56. The molecule has 2 aromatic carbocycles. The molecule has 2 aromatic rings. The van der Waals surface area contributed by atoms with Crippen molar-refractivity contribution in [2.75, 3.05) is 13.4 Å². The van der Waals surface area contributed by atoms with E-state index in [-0.39, 0.29) is 24.6 Å². The van der Waals surface area contributed by atoms with Gasteiger partial charge in [-0.2, -0.15) is 0 Å². The first-order valence-electron chi connectivity index (χ1n) is 6.85. The van der Waals surface area contributed by atoms with Crippen molar-refractivity contribution in [1.29, 1.82) is 0 Å². The fourth-order valence-electron chi connectivity index (χ4n) is 3.23. The fraction of sp³-hybridized carbons (Fsp3) is 0.250. The Balaban J connectivity index is 1.62. The topological polar surface area (TPSA) is 57.2 Å². The molecular weight excluding hydrogens is 272 g/mol. The number of fused-ring (bicyclic) bond motifs is 6. The van der Waals surface area contributed by atoms with E-state index in [1.807, 2.05) is 18.2 Å². The van der Waals surface area contributed by atoms with Crippen molar-refractivity contribution < 1.29 is 24.1 Å². The second-order valence-corrected chi connectivity index (χ2v) is 5.42. The molecule has 0 bridgehead atoms. The zero-order chi connectivity index (χ0) is 14.0. The number of phenolic OH excluding ortho intramolecular Hbond substituents is 1. The summed E-state index contributed by atoms with van der Waals surface area (Å²) in [6.07, 6.45) is -0.0909. The Morgan fingerprint density at radius 3 is 2.62 bits per heavy atom. The number of rotatable bonds is 0. The first kappa shape index (κ1) is 11.1. The molecule has 0 aliphatic carbocycles. The molecule has 0 unspecified atom stereocenters. The van der Waals surface area contributed by atoms with E-state index in [0.29, 0.717) is 12.4 Å². The normalized spacial score (nSPS) is 23.6. The smallest absolute Gasteiger partial charge is 0.231 e. The van der Waals surface area contributed by atoms with E-state index in [4.69, 9.17) is 18.9 Å². The average molecular weight is 284 g/mol. The summed E-state index contributed by atoms with van der Waals surface area (Å²) in [6, 6.07) is 9.01. The molecule has 3 aliphatic rings.